The molecule has 3 aromatic rings. The van der Waals surface area contributed by atoms with E-state index < -0.39 is 0 Å². The maximum absolute atomic E-state index is 12.8. The van der Waals surface area contributed by atoms with Crippen LogP contribution in [0.5, 0.6) is 11.5 Å². The lowest BCUT2D eigenvalue weighted by Crippen LogP contribution is -2.14. The number of nitrogens with zero attached hydrogens (tertiary/aromatic N) is 1. The van der Waals surface area contributed by atoms with Crippen molar-refractivity contribution in [2.45, 2.75) is 26.2 Å². The van der Waals surface area contributed by atoms with Crippen molar-refractivity contribution in [1.82, 2.24) is 9.97 Å². The van der Waals surface area contributed by atoms with Gasteiger partial charge in [-0.15, -0.1) is 11.3 Å². The van der Waals surface area contributed by atoms with Gasteiger partial charge in [0.2, 0.25) is 0 Å². The average Bonchev–Trinajstić information content (AvgIpc) is 3.05. The molecule has 0 bridgehead atoms. The molecule has 0 aliphatic heterocycles. The van der Waals surface area contributed by atoms with Gasteiger partial charge in [-0.1, -0.05) is 18.5 Å². The van der Waals surface area contributed by atoms with E-state index in [2.05, 4.69) is 16.9 Å². The van der Waals surface area contributed by atoms with Gasteiger partial charge in [-0.25, -0.2) is 4.98 Å². The molecule has 0 amide bonds. The molecular weight excluding hydrogens is 396 g/mol. The average molecular weight is 417 g/mol. The first-order valence-corrected chi connectivity index (χ1v) is 10.3. The minimum atomic E-state index is -0.123. The quantitative estimate of drug-likeness (QED) is 0.659. The second-order valence-corrected chi connectivity index (χ2v) is 8.58. The summed E-state index contributed by atoms with van der Waals surface area (Å²) in [5, 5.41) is 1.08. The predicted molar refractivity (Wildman–Crippen MR) is 115 cm³/mol. The van der Waals surface area contributed by atoms with E-state index in [1.807, 2.05) is 12.1 Å². The number of hydrogen-bond acceptors (Lipinski definition) is 5. The second kappa shape index (κ2) is 7.60. The largest absolute Gasteiger partial charge is 0.497 e. The van der Waals surface area contributed by atoms with Crippen LogP contribution in [-0.2, 0) is 12.8 Å². The van der Waals surface area contributed by atoms with Crippen molar-refractivity contribution in [1.29, 1.82) is 0 Å². The van der Waals surface area contributed by atoms with Crippen LogP contribution in [0.25, 0.3) is 21.3 Å². The number of rotatable bonds is 4. The van der Waals surface area contributed by atoms with E-state index in [1.54, 1.807) is 37.7 Å². The molecule has 0 saturated heterocycles. The maximum atomic E-state index is 12.8. The Kier molecular flexibility index (Phi) is 5.17. The van der Waals surface area contributed by atoms with Gasteiger partial charge in [-0.3, -0.25) is 4.79 Å². The van der Waals surface area contributed by atoms with Gasteiger partial charge in [0.1, 0.15) is 16.3 Å². The molecule has 0 fully saturated rings. The fraction of sp³-hybridized carbons (Fsp3) is 0.333. The molecule has 5 nitrogen and oxygen atoms in total. The third kappa shape index (κ3) is 3.54. The number of halogens is 1. The van der Waals surface area contributed by atoms with E-state index in [-0.39, 0.29) is 5.56 Å². The van der Waals surface area contributed by atoms with E-state index in [9.17, 15) is 4.79 Å². The Morgan fingerprint density at radius 2 is 2.00 bits per heavy atom. The first-order valence-electron chi connectivity index (χ1n) is 9.13. The minimum absolute atomic E-state index is 0.123. The third-order valence-corrected chi connectivity index (χ3v) is 6.50. The van der Waals surface area contributed by atoms with Gasteiger partial charge in [0.15, 0.2) is 5.82 Å². The van der Waals surface area contributed by atoms with Gasteiger partial charge in [0.25, 0.3) is 5.56 Å². The van der Waals surface area contributed by atoms with E-state index in [0.717, 1.165) is 40.6 Å². The van der Waals surface area contributed by atoms with Crippen LogP contribution >= 0.6 is 22.9 Å². The first kappa shape index (κ1) is 19.0. The Labute approximate surface area is 172 Å². The number of methoxy groups -OCH3 is 2. The monoisotopic (exact) mass is 416 g/mol. The summed E-state index contributed by atoms with van der Waals surface area (Å²) in [4.78, 5) is 22.3. The van der Waals surface area contributed by atoms with Crippen LogP contribution in [0.1, 0.15) is 35.2 Å². The number of ether oxygens (including phenoxy) is 2. The summed E-state index contributed by atoms with van der Waals surface area (Å²) in [5.74, 6) is 2.33. The molecule has 1 unspecified atom stereocenters. The second-order valence-electron chi connectivity index (χ2n) is 7.08. The molecule has 1 aliphatic rings. The fourth-order valence-corrected chi connectivity index (χ4v) is 5.19. The summed E-state index contributed by atoms with van der Waals surface area (Å²) in [5.41, 5.74) is 1.83. The van der Waals surface area contributed by atoms with Crippen molar-refractivity contribution < 1.29 is 9.47 Å². The molecule has 0 saturated carbocycles. The van der Waals surface area contributed by atoms with Crippen molar-refractivity contribution in [3.63, 3.8) is 0 Å². The summed E-state index contributed by atoms with van der Waals surface area (Å²) in [6.07, 6.45) is 4.80. The van der Waals surface area contributed by atoms with Crippen LogP contribution in [0.4, 0.5) is 0 Å². The molecule has 2 heterocycles. The number of aromatic amines is 1. The SMILES string of the molecule is COc1cc(/C=C(\Cl)c2nc3sc4c(c3c(=O)[nH]2)CCC(C)C4)cc(OC)c1. The van der Waals surface area contributed by atoms with Crippen LogP contribution in [0.2, 0.25) is 0 Å². The van der Waals surface area contributed by atoms with E-state index in [4.69, 9.17) is 21.1 Å². The lowest BCUT2D eigenvalue weighted by atomic mass is 9.89. The molecule has 1 N–H and O–H groups in total. The molecule has 1 aliphatic carbocycles. The van der Waals surface area contributed by atoms with Gasteiger partial charge >= 0.3 is 0 Å². The molecule has 1 aromatic carbocycles. The molecular formula is C21H21ClN2O3S. The highest BCUT2D eigenvalue weighted by Crippen LogP contribution is 2.36. The summed E-state index contributed by atoms with van der Waals surface area (Å²) >= 11 is 8.12. The lowest BCUT2D eigenvalue weighted by Gasteiger charge is -2.17. The Hall–Kier alpha value is -2.31. The van der Waals surface area contributed by atoms with Gasteiger partial charge in [-0.05, 0) is 54.5 Å². The first-order chi connectivity index (χ1) is 13.5. The normalized spacial score (nSPS) is 16.9. The Bertz CT molecular complexity index is 1110. The molecule has 0 radical (unpaired) electrons. The summed E-state index contributed by atoms with van der Waals surface area (Å²) in [6.45, 7) is 2.25. The van der Waals surface area contributed by atoms with Crippen LogP contribution in [0, 0.1) is 5.92 Å². The zero-order valence-electron chi connectivity index (χ0n) is 16.0. The molecule has 1 atom stereocenters. The fourth-order valence-electron chi connectivity index (χ4n) is 3.59. The van der Waals surface area contributed by atoms with Crippen molar-refractivity contribution in [2.75, 3.05) is 14.2 Å². The maximum Gasteiger partial charge on any atom is 0.260 e. The zero-order chi connectivity index (χ0) is 19.8. The van der Waals surface area contributed by atoms with Crippen molar-refractivity contribution in [3.05, 3.63) is 50.4 Å². The van der Waals surface area contributed by atoms with Crippen LogP contribution < -0.4 is 15.0 Å². The van der Waals surface area contributed by atoms with Crippen molar-refractivity contribution in [2.24, 2.45) is 5.92 Å². The highest BCUT2D eigenvalue weighted by molar-refractivity contribution is 7.18. The van der Waals surface area contributed by atoms with Gasteiger partial charge in [0.05, 0.1) is 24.6 Å². The number of fused-ring (bicyclic) bond motifs is 3. The van der Waals surface area contributed by atoms with Gasteiger partial charge < -0.3 is 14.5 Å². The molecule has 0 spiro atoms. The summed E-state index contributed by atoms with van der Waals surface area (Å²) in [7, 11) is 3.19. The van der Waals surface area contributed by atoms with E-state index in [0.29, 0.717) is 28.3 Å². The topological polar surface area (TPSA) is 64.2 Å². The molecule has 2 aromatic heterocycles. The summed E-state index contributed by atoms with van der Waals surface area (Å²) < 4.78 is 10.6. The highest BCUT2D eigenvalue weighted by atomic mass is 35.5. The molecule has 7 heteroatoms. The molecule has 4 rings (SSSR count). The van der Waals surface area contributed by atoms with Crippen LogP contribution in [0.15, 0.2) is 23.0 Å². The minimum Gasteiger partial charge on any atom is -0.497 e. The van der Waals surface area contributed by atoms with E-state index >= 15 is 0 Å². The Balaban J connectivity index is 1.77. The Morgan fingerprint density at radius 3 is 2.68 bits per heavy atom. The highest BCUT2D eigenvalue weighted by Gasteiger charge is 2.23. The molecule has 28 heavy (non-hydrogen) atoms. The number of benzene rings is 1. The van der Waals surface area contributed by atoms with Gasteiger partial charge in [-0.2, -0.15) is 0 Å². The van der Waals surface area contributed by atoms with Crippen molar-refractivity contribution >= 4 is 44.3 Å². The number of hydrogen-bond donors (Lipinski definition) is 1. The lowest BCUT2D eigenvalue weighted by molar-refractivity contribution is 0.394. The van der Waals surface area contributed by atoms with Gasteiger partial charge in [0, 0.05) is 10.9 Å². The predicted octanol–water partition coefficient (Wildman–Crippen LogP) is 4.86. The number of aryl methyl sites for hydroxylation is 1. The number of H-pyrrole nitrogens is 1. The van der Waals surface area contributed by atoms with Crippen molar-refractivity contribution in [3.8, 4) is 11.5 Å². The number of thiophene rings is 1. The van der Waals surface area contributed by atoms with E-state index in [1.165, 1.54) is 4.88 Å². The van der Waals surface area contributed by atoms with Crippen LogP contribution in [-0.4, -0.2) is 24.2 Å². The zero-order valence-corrected chi connectivity index (χ0v) is 17.5. The molecule has 146 valence electrons. The number of nitrogens with one attached hydrogen (secondary N) is 1. The summed E-state index contributed by atoms with van der Waals surface area (Å²) in [6, 6.07) is 5.47. The number of aromatic nitrogens is 2. The van der Waals surface area contributed by atoms with Crippen LogP contribution in [0.3, 0.4) is 0 Å². The standard InChI is InChI=1S/C21H21ClN2O3S/c1-11-4-5-15-17(6-11)28-21-18(15)20(25)23-19(24-21)16(22)9-12-7-13(26-2)10-14(8-12)27-3/h7-11H,4-6H2,1-3H3,(H,23,24,25)/b16-9-. The Morgan fingerprint density at radius 1 is 1.29 bits per heavy atom. The smallest absolute Gasteiger partial charge is 0.260 e. The third-order valence-electron chi connectivity index (χ3n) is 5.06.